The van der Waals surface area contributed by atoms with Crippen LogP contribution in [0.5, 0.6) is 0 Å². The second-order valence-electron chi connectivity index (χ2n) is 5.43. The fraction of sp³-hybridized carbons (Fsp3) is 0.0588. The lowest BCUT2D eigenvalue weighted by Gasteiger charge is -2.09. The second-order valence-corrected chi connectivity index (χ2v) is 5.43. The number of amides is 1. The van der Waals surface area contributed by atoms with Gasteiger partial charge < -0.3 is 5.32 Å². The molecular formula is C17H13FN6O. The van der Waals surface area contributed by atoms with Gasteiger partial charge in [-0.25, -0.2) is 18.6 Å². The molecule has 1 aromatic carbocycles. The molecule has 8 heteroatoms. The van der Waals surface area contributed by atoms with Crippen molar-refractivity contribution in [2.45, 2.75) is 6.92 Å². The van der Waals surface area contributed by atoms with E-state index < -0.39 is 11.7 Å². The molecule has 0 aliphatic heterocycles. The number of carbonyl (C=O) groups is 1. The molecular weight excluding hydrogens is 323 g/mol. The number of rotatable bonds is 3. The number of para-hydroxylation sites is 1. The van der Waals surface area contributed by atoms with Crippen LogP contribution in [0.4, 0.5) is 10.2 Å². The first-order valence-electron chi connectivity index (χ1n) is 7.55. The summed E-state index contributed by atoms with van der Waals surface area (Å²) >= 11 is 0. The zero-order valence-corrected chi connectivity index (χ0v) is 13.2. The van der Waals surface area contributed by atoms with Crippen molar-refractivity contribution < 1.29 is 9.18 Å². The van der Waals surface area contributed by atoms with Gasteiger partial charge in [0.2, 0.25) is 0 Å². The minimum Gasteiger partial charge on any atom is -0.306 e. The van der Waals surface area contributed by atoms with Crippen LogP contribution in [-0.2, 0) is 0 Å². The van der Waals surface area contributed by atoms with Gasteiger partial charge in [-0.3, -0.25) is 4.79 Å². The number of hydrogen-bond acceptors (Lipinski definition) is 4. The van der Waals surface area contributed by atoms with Crippen LogP contribution in [0.1, 0.15) is 16.1 Å². The van der Waals surface area contributed by atoms with Crippen LogP contribution in [0, 0.1) is 12.7 Å². The van der Waals surface area contributed by atoms with Gasteiger partial charge in [0.15, 0.2) is 5.65 Å². The molecule has 0 unspecified atom stereocenters. The van der Waals surface area contributed by atoms with Crippen LogP contribution in [0.2, 0.25) is 0 Å². The Labute approximate surface area is 141 Å². The van der Waals surface area contributed by atoms with Gasteiger partial charge in [0.1, 0.15) is 22.9 Å². The van der Waals surface area contributed by atoms with E-state index >= 15 is 0 Å². The zero-order chi connectivity index (χ0) is 17.4. The topological polar surface area (TPSA) is 77.1 Å². The molecule has 0 saturated heterocycles. The van der Waals surface area contributed by atoms with Crippen molar-refractivity contribution in [3.05, 3.63) is 72.1 Å². The summed E-state index contributed by atoms with van der Waals surface area (Å²) in [5.41, 5.74) is 1.66. The SMILES string of the molecule is Cc1cc(NC(=O)c2cnn3cccnc23)n(-c2ccccc2F)n1. The highest BCUT2D eigenvalue weighted by atomic mass is 19.1. The lowest BCUT2D eigenvalue weighted by Crippen LogP contribution is -2.15. The standard InChI is InChI=1S/C17H13FN6O/c1-11-9-15(24(22-11)14-6-3-2-5-13(14)18)21-17(25)12-10-20-23-8-4-7-19-16(12)23/h2-10H,1H3,(H,21,25). The van der Waals surface area contributed by atoms with Gasteiger partial charge >= 0.3 is 0 Å². The van der Waals surface area contributed by atoms with E-state index in [2.05, 4.69) is 20.5 Å². The predicted molar refractivity (Wildman–Crippen MR) is 89.2 cm³/mol. The third-order valence-electron chi connectivity index (χ3n) is 3.68. The number of benzene rings is 1. The van der Waals surface area contributed by atoms with E-state index in [4.69, 9.17) is 0 Å². The Balaban J connectivity index is 1.72. The van der Waals surface area contributed by atoms with Crippen molar-refractivity contribution in [1.29, 1.82) is 0 Å². The third kappa shape index (κ3) is 2.63. The van der Waals surface area contributed by atoms with E-state index in [1.807, 2.05) is 0 Å². The van der Waals surface area contributed by atoms with E-state index in [1.54, 1.807) is 49.6 Å². The largest absolute Gasteiger partial charge is 0.306 e. The van der Waals surface area contributed by atoms with E-state index in [1.165, 1.54) is 21.5 Å². The van der Waals surface area contributed by atoms with Crippen LogP contribution < -0.4 is 5.32 Å². The molecule has 4 aromatic rings. The summed E-state index contributed by atoms with van der Waals surface area (Å²) in [5, 5.41) is 11.1. The Morgan fingerprint density at radius 1 is 1.24 bits per heavy atom. The molecule has 3 heterocycles. The Morgan fingerprint density at radius 3 is 2.92 bits per heavy atom. The predicted octanol–water partition coefficient (Wildman–Crippen LogP) is 2.61. The summed E-state index contributed by atoms with van der Waals surface area (Å²) in [6.45, 7) is 1.77. The number of hydrogen-bond donors (Lipinski definition) is 1. The maximum Gasteiger partial charge on any atom is 0.262 e. The first-order chi connectivity index (χ1) is 12.1. The molecule has 4 rings (SSSR count). The second kappa shape index (κ2) is 5.82. The maximum absolute atomic E-state index is 14.1. The quantitative estimate of drug-likeness (QED) is 0.624. The normalized spacial score (nSPS) is 11.0. The molecule has 0 radical (unpaired) electrons. The lowest BCUT2D eigenvalue weighted by molar-refractivity contribution is 0.102. The summed E-state index contributed by atoms with van der Waals surface area (Å²) in [4.78, 5) is 16.8. The van der Waals surface area contributed by atoms with Crippen molar-refractivity contribution in [3.63, 3.8) is 0 Å². The van der Waals surface area contributed by atoms with Gasteiger partial charge in [-0.05, 0) is 25.1 Å². The molecule has 3 aromatic heterocycles. The Bertz CT molecular complexity index is 1080. The number of aryl methyl sites for hydroxylation is 1. The van der Waals surface area contributed by atoms with Crippen molar-refractivity contribution >= 4 is 17.4 Å². The molecule has 0 bridgehead atoms. The summed E-state index contributed by atoms with van der Waals surface area (Å²) < 4.78 is 17.0. The lowest BCUT2D eigenvalue weighted by atomic mass is 10.3. The minimum absolute atomic E-state index is 0.254. The molecule has 7 nitrogen and oxygen atoms in total. The fourth-order valence-electron chi connectivity index (χ4n) is 2.57. The number of anilines is 1. The van der Waals surface area contributed by atoms with Crippen LogP contribution in [0.15, 0.2) is 55.0 Å². The fourth-order valence-corrected chi connectivity index (χ4v) is 2.57. The molecule has 0 aliphatic carbocycles. The Kier molecular flexibility index (Phi) is 3.50. The third-order valence-corrected chi connectivity index (χ3v) is 3.68. The Morgan fingerprint density at radius 2 is 2.08 bits per heavy atom. The Hall–Kier alpha value is -3.55. The van der Waals surface area contributed by atoms with Crippen molar-refractivity contribution in [3.8, 4) is 5.69 Å². The summed E-state index contributed by atoms with van der Waals surface area (Å²) in [6, 6.07) is 9.62. The van der Waals surface area contributed by atoms with Crippen LogP contribution in [-0.4, -0.2) is 30.3 Å². The van der Waals surface area contributed by atoms with Crippen LogP contribution in [0.3, 0.4) is 0 Å². The number of nitrogens with one attached hydrogen (secondary N) is 1. The average Bonchev–Trinajstić information content (AvgIpc) is 3.19. The summed E-state index contributed by atoms with van der Waals surface area (Å²) in [5.74, 6) is -0.465. The molecule has 124 valence electrons. The smallest absolute Gasteiger partial charge is 0.262 e. The van der Waals surface area contributed by atoms with E-state index in [-0.39, 0.29) is 5.69 Å². The van der Waals surface area contributed by atoms with Crippen molar-refractivity contribution in [1.82, 2.24) is 24.4 Å². The van der Waals surface area contributed by atoms with Gasteiger partial charge in [0.25, 0.3) is 5.91 Å². The van der Waals surface area contributed by atoms with Crippen molar-refractivity contribution in [2.75, 3.05) is 5.32 Å². The molecule has 0 atom stereocenters. The van der Waals surface area contributed by atoms with Crippen LogP contribution in [0.25, 0.3) is 11.3 Å². The number of aromatic nitrogens is 5. The van der Waals surface area contributed by atoms with Crippen LogP contribution >= 0.6 is 0 Å². The first-order valence-corrected chi connectivity index (χ1v) is 7.55. The highest BCUT2D eigenvalue weighted by Crippen LogP contribution is 2.20. The number of nitrogens with zero attached hydrogens (tertiary/aromatic N) is 5. The summed E-state index contributed by atoms with van der Waals surface area (Å²) in [6.07, 6.45) is 4.72. The molecule has 0 aliphatic rings. The number of carbonyl (C=O) groups excluding carboxylic acids is 1. The minimum atomic E-state index is -0.432. The molecule has 1 amide bonds. The molecule has 0 spiro atoms. The van der Waals surface area contributed by atoms with Crippen molar-refractivity contribution in [2.24, 2.45) is 0 Å². The molecule has 0 fully saturated rings. The van der Waals surface area contributed by atoms with E-state index in [0.717, 1.165) is 0 Å². The zero-order valence-electron chi connectivity index (χ0n) is 13.2. The number of fused-ring (bicyclic) bond motifs is 1. The van der Waals surface area contributed by atoms with E-state index in [9.17, 15) is 9.18 Å². The molecule has 25 heavy (non-hydrogen) atoms. The van der Waals surface area contributed by atoms with Gasteiger partial charge in [-0.1, -0.05) is 12.1 Å². The first kappa shape index (κ1) is 15.0. The van der Waals surface area contributed by atoms with Gasteiger partial charge in [0, 0.05) is 18.5 Å². The molecule has 1 N–H and O–H groups in total. The highest BCUT2D eigenvalue weighted by molar-refractivity contribution is 6.07. The molecule has 0 saturated carbocycles. The van der Waals surface area contributed by atoms with E-state index in [0.29, 0.717) is 22.7 Å². The summed E-state index contributed by atoms with van der Waals surface area (Å²) in [7, 11) is 0. The van der Waals surface area contributed by atoms with Gasteiger partial charge in [-0.15, -0.1) is 0 Å². The average molecular weight is 336 g/mol. The van der Waals surface area contributed by atoms with Gasteiger partial charge in [0.05, 0.1) is 11.9 Å². The monoisotopic (exact) mass is 336 g/mol. The van der Waals surface area contributed by atoms with Gasteiger partial charge in [-0.2, -0.15) is 10.2 Å². The number of halogens is 1. The maximum atomic E-state index is 14.1. The highest BCUT2D eigenvalue weighted by Gasteiger charge is 2.18.